The second-order valence-electron chi connectivity index (χ2n) is 6.94. The highest BCUT2D eigenvalue weighted by Crippen LogP contribution is 2.36. The van der Waals surface area contributed by atoms with E-state index in [1.807, 2.05) is 55.5 Å². The fourth-order valence-electron chi connectivity index (χ4n) is 3.49. The van der Waals surface area contributed by atoms with Crippen LogP contribution in [0.2, 0.25) is 0 Å². The zero-order valence-corrected chi connectivity index (χ0v) is 16.1. The molecular weight excluding hydrogens is 366 g/mol. The normalized spacial score (nSPS) is 12.3. The molecule has 6 nitrogen and oxygen atoms in total. The first-order valence-corrected chi connectivity index (χ1v) is 9.56. The maximum Gasteiger partial charge on any atom is 0.231 e. The van der Waals surface area contributed by atoms with Crippen LogP contribution < -0.4 is 20.1 Å². The molecule has 0 aliphatic carbocycles. The lowest BCUT2D eigenvalue weighted by Gasteiger charge is -2.12. The van der Waals surface area contributed by atoms with Gasteiger partial charge in [0.25, 0.3) is 0 Å². The van der Waals surface area contributed by atoms with E-state index in [4.69, 9.17) is 18.9 Å². The minimum absolute atomic E-state index is 0.276. The van der Waals surface area contributed by atoms with Crippen LogP contribution in [0.1, 0.15) is 17.1 Å². The number of hydrogen-bond donors (Lipinski definition) is 2. The summed E-state index contributed by atoms with van der Waals surface area (Å²) in [7, 11) is 0. The van der Waals surface area contributed by atoms with E-state index in [-0.39, 0.29) is 6.79 Å². The highest BCUT2D eigenvalue weighted by molar-refractivity contribution is 5.92. The standard InChI is InChI=1S/C23H21N3O3/c1-15-8-9-17(29-15)13-25-22-11-10-18-19(5-3-6-20(18)26-22)24-12-16-4-2-7-21-23(16)28-14-27-21/h2-11,24H,12-14H2,1H3,(H,25,26). The zero-order chi connectivity index (χ0) is 19.6. The maximum atomic E-state index is 5.60. The van der Waals surface area contributed by atoms with Crippen LogP contribution in [0.4, 0.5) is 11.5 Å². The number of aryl methyl sites for hydroxylation is 1. The summed E-state index contributed by atoms with van der Waals surface area (Å²) in [6.07, 6.45) is 0. The molecule has 2 N–H and O–H groups in total. The van der Waals surface area contributed by atoms with Crippen molar-refractivity contribution in [1.82, 2.24) is 4.98 Å². The molecule has 3 heterocycles. The predicted octanol–water partition coefficient (Wildman–Crippen LogP) is 5.09. The van der Waals surface area contributed by atoms with Gasteiger partial charge < -0.3 is 24.5 Å². The van der Waals surface area contributed by atoms with Crippen molar-refractivity contribution >= 4 is 22.4 Å². The summed E-state index contributed by atoms with van der Waals surface area (Å²) < 4.78 is 16.7. The van der Waals surface area contributed by atoms with Gasteiger partial charge in [-0.15, -0.1) is 0 Å². The van der Waals surface area contributed by atoms with E-state index in [0.29, 0.717) is 13.1 Å². The number of pyridine rings is 1. The van der Waals surface area contributed by atoms with Crippen molar-refractivity contribution in [1.29, 1.82) is 0 Å². The molecule has 2 aromatic carbocycles. The number of rotatable bonds is 6. The number of para-hydroxylation sites is 1. The first-order chi connectivity index (χ1) is 14.3. The topological polar surface area (TPSA) is 68.5 Å². The molecule has 0 fully saturated rings. The third-order valence-corrected chi connectivity index (χ3v) is 4.92. The highest BCUT2D eigenvalue weighted by atomic mass is 16.7. The van der Waals surface area contributed by atoms with E-state index in [2.05, 4.69) is 22.8 Å². The number of ether oxygens (including phenoxy) is 2. The Kier molecular flexibility index (Phi) is 4.44. The van der Waals surface area contributed by atoms with Gasteiger partial charge in [-0.2, -0.15) is 0 Å². The van der Waals surface area contributed by atoms with Crippen LogP contribution in [-0.4, -0.2) is 11.8 Å². The fraction of sp³-hybridized carbons (Fsp3) is 0.174. The maximum absolute atomic E-state index is 5.60. The van der Waals surface area contributed by atoms with Gasteiger partial charge in [-0.25, -0.2) is 4.98 Å². The van der Waals surface area contributed by atoms with Crippen molar-refractivity contribution in [2.75, 3.05) is 17.4 Å². The fourth-order valence-corrected chi connectivity index (χ4v) is 3.49. The molecule has 0 spiro atoms. The summed E-state index contributed by atoms with van der Waals surface area (Å²) in [5, 5.41) is 7.89. The third kappa shape index (κ3) is 3.57. The molecule has 0 amide bonds. The SMILES string of the molecule is Cc1ccc(CNc2ccc3c(NCc4cccc5c4OCO5)cccc3n2)o1. The summed E-state index contributed by atoms with van der Waals surface area (Å²) in [5.41, 5.74) is 3.02. The van der Waals surface area contributed by atoms with Crippen LogP contribution in [0.15, 0.2) is 65.1 Å². The Balaban J connectivity index is 1.33. The molecule has 0 radical (unpaired) electrons. The molecule has 0 bridgehead atoms. The first-order valence-electron chi connectivity index (χ1n) is 9.56. The molecule has 6 heteroatoms. The monoisotopic (exact) mass is 387 g/mol. The van der Waals surface area contributed by atoms with Gasteiger partial charge in [-0.05, 0) is 49.4 Å². The number of benzene rings is 2. The second-order valence-corrected chi connectivity index (χ2v) is 6.94. The van der Waals surface area contributed by atoms with Gasteiger partial charge in [0.05, 0.1) is 12.1 Å². The molecular formula is C23H21N3O3. The van der Waals surface area contributed by atoms with E-state index < -0.39 is 0 Å². The molecule has 0 saturated carbocycles. The Bertz CT molecular complexity index is 1170. The van der Waals surface area contributed by atoms with E-state index in [0.717, 1.165) is 51.0 Å². The van der Waals surface area contributed by atoms with Crippen LogP contribution in [0.25, 0.3) is 10.9 Å². The molecule has 5 rings (SSSR count). The summed E-state index contributed by atoms with van der Waals surface area (Å²) in [4.78, 5) is 4.73. The van der Waals surface area contributed by atoms with Crippen LogP contribution >= 0.6 is 0 Å². The Morgan fingerprint density at radius 3 is 2.72 bits per heavy atom. The van der Waals surface area contributed by atoms with Crippen molar-refractivity contribution in [3.05, 3.63) is 77.7 Å². The predicted molar refractivity (Wildman–Crippen MR) is 112 cm³/mol. The summed E-state index contributed by atoms with van der Waals surface area (Å²) in [6, 6.07) is 20.0. The lowest BCUT2D eigenvalue weighted by Crippen LogP contribution is -2.03. The van der Waals surface area contributed by atoms with Gasteiger partial charge in [0.1, 0.15) is 17.3 Å². The number of anilines is 2. The average Bonchev–Trinajstić information content (AvgIpc) is 3.39. The van der Waals surface area contributed by atoms with E-state index in [9.17, 15) is 0 Å². The zero-order valence-electron chi connectivity index (χ0n) is 16.1. The number of nitrogens with zero attached hydrogens (tertiary/aromatic N) is 1. The Morgan fingerprint density at radius 1 is 0.897 bits per heavy atom. The third-order valence-electron chi connectivity index (χ3n) is 4.92. The van der Waals surface area contributed by atoms with E-state index in [1.54, 1.807) is 0 Å². The summed E-state index contributed by atoms with van der Waals surface area (Å²) in [5.74, 6) is 4.23. The van der Waals surface area contributed by atoms with Crippen LogP contribution in [0, 0.1) is 6.92 Å². The van der Waals surface area contributed by atoms with Crippen molar-refractivity contribution in [3.8, 4) is 11.5 Å². The number of furan rings is 1. The molecule has 0 atom stereocenters. The second kappa shape index (κ2) is 7.39. The quantitative estimate of drug-likeness (QED) is 0.480. The van der Waals surface area contributed by atoms with Crippen molar-refractivity contribution in [2.24, 2.45) is 0 Å². The largest absolute Gasteiger partial charge is 0.465 e. The van der Waals surface area contributed by atoms with Crippen molar-refractivity contribution in [3.63, 3.8) is 0 Å². The molecule has 0 unspecified atom stereocenters. The molecule has 0 saturated heterocycles. The Morgan fingerprint density at radius 2 is 1.83 bits per heavy atom. The molecule has 146 valence electrons. The minimum atomic E-state index is 0.276. The van der Waals surface area contributed by atoms with Gasteiger partial charge in [0.15, 0.2) is 11.5 Å². The van der Waals surface area contributed by atoms with Gasteiger partial charge in [0, 0.05) is 23.2 Å². The Hall–Kier alpha value is -3.67. The molecule has 1 aliphatic rings. The molecule has 4 aromatic rings. The number of aromatic nitrogens is 1. The van der Waals surface area contributed by atoms with Gasteiger partial charge >= 0.3 is 0 Å². The average molecular weight is 387 g/mol. The molecule has 1 aliphatic heterocycles. The van der Waals surface area contributed by atoms with Crippen LogP contribution in [0.5, 0.6) is 11.5 Å². The van der Waals surface area contributed by atoms with E-state index in [1.165, 1.54) is 0 Å². The Labute approximate surface area is 168 Å². The van der Waals surface area contributed by atoms with Crippen molar-refractivity contribution in [2.45, 2.75) is 20.0 Å². The number of hydrogen-bond acceptors (Lipinski definition) is 6. The van der Waals surface area contributed by atoms with Crippen LogP contribution in [0.3, 0.4) is 0 Å². The minimum Gasteiger partial charge on any atom is -0.465 e. The van der Waals surface area contributed by atoms with E-state index >= 15 is 0 Å². The first kappa shape index (κ1) is 17.4. The molecule has 2 aromatic heterocycles. The number of fused-ring (bicyclic) bond motifs is 2. The smallest absolute Gasteiger partial charge is 0.231 e. The highest BCUT2D eigenvalue weighted by Gasteiger charge is 2.17. The van der Waals surface area contributed by atoms with Gasteiger partial charge in [-0.1, -0.05) is 18.2 Å². The lowest BCUT2D eigenvalue weighted by atomic mass is 10.1. The number of nitrogens with one attached hydrogen (secondary N) is 2. The molecule has 29 heavy (non-hydrogen) atoms. The summed E-state index contributed by atoms with van der Waals surface area (Å²) >= 11 is 0. The van der Waals surface area contributed by atoms with Crippen LogP contribution in [-0.2, 0) is 13.1 Å². The van der Waals surface area contributed by atoms with Gasteiger partial charge in [0.2, 0.25) is 6.79 Å². The summed E-state index contributed by atoms with van der Waals surface area (Å²) in [6.45, 7) is 3.46. The van der Waals surface area contributed by atoms with Crippen molar-refractivity contribution < 1.29 is 13.9 Å². The van der Waals surface area contributed by atoms with Gasteiger partial charge in [-0.3, -0.25) is 0 Å². The lowest BCUT2D eigenvalue weighted by molar-refractivity contribution is 0.173.